The molecule has 2 N–H and O–H groups in total. The molecule has 0 bridgehead atoms. The number of hydrogen-bond acceptors (Lipinski definition) is 5. The van der Waals surface area contributed by atoms with Crippen LogP contribution in [0.5, 0.6) is 11.5 Å². The van der Waals surface area contributed by atoms with Gasteiger partial charge in [-0.2, -0.15) is 5.10 Å². The molecule has 0 fully saturated rings. The molecule has 7 nitrogen and oxygen atoms in total. The van der Waals surface area contributed by atoms with Crippen molar-refractivity contribution in [3.8, 4) is 17.2 Å². The minimum Gasteiger partial charge on any atom is -0.504 e. The SMILES string of the molecule is CN(C(=O)c1cccc(-n2nc(C(F)F)c(C=O)c2Cl)c1)c1ccc(O)c(O)c1. The summed E-state index contributed by atoms with van der Waals surface area (Å²) in [5.41, 5.74) is -0.474. The molecule has 3 aromatic rings. The predicted octanol–water partition coefficient (Wildman–Crippen LogP) is 3.96. The number of alkyl halides is 2. The Bertz CT molecular complexity index is 1100. The minimum atomic E-state index is -2.99. The van der Waals surface area contributed by atoms with Crippen molar-refractivity contribution in [3.63, 3.8) is 0 Å². The highest BCUT2D eigenvalue weighted by molar-refractivity contribution is 6.32. The second-order valence-corrected chi connectivity index (χ2v) is 6.37. The summed E-state index contributed by atoms with van der Waals surface area (Å²) >= 11 is 6.02. The molecule has 1 amide bonds. The number of phenolic OH excluding ortho intramolecular Hbond substituents is 2. The first-order valence-electron chi connectivity index (χ1n) is 8.16. The van der Waals surface area contributed by atoms with Gasteiger partial charge in [-0.05, 0) is 30.3 Å². The number of carbonyl (C=O) groups is 2. The van der Waals surface area contributed by atoms with Crippen LogP contribution < -0.4 is 4.90 Å². The highest BCUT2D eigenvalue weighted by Gasteiger charge is 2.24. The van der Waals surface area contributed by atoms with E-state index in [0.29, 0.717) is 5.69 Å². The topological polar surface area (TPSA) is 95.7 Å². The highest BCUT2D eigenvalue weighted by Crippen LogP contribution is 2.31. The summed E-state index contributed by atoms with van der Waals surface area (Å²) in [6.07, 6.45) is -2.79. The quantitative estimate of drug-likeness (QED) is 0.480. The number of benzene rings is 2. The van der Waals surface area contributed by atoms with Gasteiger partial charge < -0.3 is 15.1 Å². The number of halogens is 3. The van der Waals surface area contributed by atoms with E-state index >= 15 is 0 Å². The van der Waals surface area contributed by atoms with Crippen molar-refractivity contribution in [2.45, 2.75) is 6.43 Å². The van der Waals surface area contributed by atoms with Crippen molar-refractivity contribution in [3.05, 3.63) is 64.4 Å². The van der Waals surface area contributed by atoms with E-state index in [4.69, 9.17) is 11.6 Å². The molecule has 0 aliphatic carbocycles. The van der Waals surface area contributed by atoms with Crippen LogP contribution in [0.2, 0.25) is 5.15 Å². The molecule has 2 aromatic carbocycles. The Kier molecular flexibility index (Phi) is 5.51. The summed E-state index contributed by atoms with van der Waals surface area (Å²) in [5.74, 6) is -1.20. The van der Waals surface area contributed by atoms with Crippen molar-refractivity contribution < 1.29 is 28.6 Å². The summed E-state index contributed by atoms with van der Waals surface area (Å²) in [6.45, 7) is 0. The molecule has 0 saturated carbocycles. The van der Waals surface area contributed by atoms with Gasteiger partial charge in [0.1, 0.15) is 10.8 Å². The number of aromatic hydroxyl groups is 2. The fraction of sp³-hybridized carbons (Fsp3) is 0.105. The Morgan fingerprint density at radius 2 is 1.93 bits per heavy atom. The number of anilines is 1. The van der Waals surface area contributed by atoms with Gasteiger partial charge in [-0.1, -0.05) is 17.7 Å². The Morgan fingerprint density at radius 1 is 1.21 bits per heavy atom. The molecule has 0 radical (unpaired) electrons. The van der Waals surface area contributed by atoms with Crippen molar-refractivity contribution >= 4 is 29.5 Å². The van der Waals surface area contributed by atoms with Crippen LogP contribution in [0, 0.1) is 0 Å². The monoisotopic (exact) mass is 421 g/mol. The summed E-state index contributed by atoms with van der Waals surface area (Å²) < 4.78 is 27.1. The molecule has 0 unspecified atom stereocenters. The maximum Gasteiger partial charge on any atom is 0.282 e. The fourth-order valence-electron chi connectivity index (χ4n) is 2.67. The van der Waals surface area contributed by atoms with Gasteiger partial charge in [-0.15, -0.1) is 0 Å². The second kappa shape index (κ2) is 7.88. The maximum atomic E-state index is 13.1. The zero-order valence-corrected chi connectivity index (χ0v) is 15.6. The molecular formula is C19H14ClF2N3O4. The maximum absolute atomic E-state index is 13.1. The summed E-state index contributed by atoms with van der Waals surface area (Å²) in [6, 6.07) is 9.76. The van der Waals surface area contributed by atoms with Gasteiger partial charge in [0.15, 0.2) is 17.8 Å². The van der Waals surface area contributed by atoms with E-state index in [1.165, 1.54) is 54.4 Å². The molecule has 0 aliphatic rings. The van der Waals surface area contributed by atoms with Crippen LogP contribution in [-0.4, -0.2) is 39.2 Å². The van der Waals surface area contributed by atoms with E-state index in [1.807, 2.05) is 0 Å². The van der Waals surface area contributed by atoms with E-state index in [0.717, 1.165) is 4.68 Å². The van der Waals surface area contributed by atoms with E-state index < -0.39 is 23.6 Å². The van der Waals surface area contributed by atoms with Crippen LogP contribution in [0.3, 0.4) is 0 Å². The molecule has 0 aliphatic heterocycles. The zero-order chi connectivity index (χ0) is 21.3. The predicted molar refractivity (Wildman–Crippen MR) is 101 cm³/mol. The van der Waals surface area contributed by atoms with Gasteiger partial charge in [-0.25, -0.2) is 13.5 Å². The highest BCUT2D eigenvalue weighted by atomic mass is 35.5. The number of carbonyl (C=O) groups excluding carboxylic acids is 2. The third-order valence-corrected chi connectivity index (χ3v) is 4.57. The van der Waals surface area contributed by atoms with Crippen LogP contribution in [0.4, 0.5) is 14.5 Å². The van der Waals surface area contributed by atoms with E-state index in [-0.39, 0.29) is 34.2 Å². The number of nitrogens with zero attached hydrogens (tertiary/aromatic N) is 3. The lowest BCUT2D eigenvalue weighted by Gasteiger charge is -2.18. The number of phenols is 2. The number of hydrogen-bond donors (Lipinski definition) is 2. The van der Waals surface area contributed by atoms with E-state index in [2.05, 4.69) is 5.10 Å². The smallest absolute Gasteiger partial charge is 0.282 e. The Labute approximate surface area is 168 Å². The molecule has 150 valence electrons. The van der Waals surface area contributed by atoms with Crippen LogP contribution in [-0.2, 0) is 0 Å². The first kappa shape index (κ1) is 20.3. The lowest BCUT2D eigenvalue weighted by Crippen LogP contribution is -2.26. The lowest BCUT2D eigenvalue weighted by molar-refractivity contribution is 0.0992. The van der Waals surface area contributed by atoms with Crippen molar-refractivity contribution in [1.29, 1.82) is 0 Å². The number of rotatable bonds is 5. The van der Waals surface area contributed by atoms with Crippen molar-refractivity contribution in [1.82, 2.24) is 9.78 Å². The van der Waals surface area contributed by atoms with Crippen LogP contribution in [0.15, 0.2) is 42.5 Å². The first-order valence-corrected chi connectivity index (χ1v) is 8.54. The average molecular weight is 422 g/mol. The van der Waals surface area contributed by atoms with Crippen LogP contribution in [0.25, 0.3) is 5.69 Å². The molecule has 0 spiro atoms. The van der Waals surface area contributed by atoms with Crippen LogP contribution in [0.1, 0.15) is 32.8 Å². The second-order valence-electron chi connectivity index (χ2n) is 6.01. The average Bonchev–Trinajstić information content (AvgIpc) is 3.05. The zero-order valence-electron chi connectivity index (χ0n) is 14.9. The molecular weight excluding hydrogens is 408 g/mol. The van der Waals surface area contributed by atoms with Crippen molar-refractivity contribution in [2.75, 3.05) is 11.9 Å². The molecule has 29 heavy (non-hydrogen) atoms. The largest absolute Gasteiger partial charge is 0.504 e. The molecule has 10 heteroatoms. The van der Waals surface area contributed by atoms with Gasteiger partial charge in [0, 0.05) is 24.4 Å². The molecule has 0 saturated heterocycles. The Hall–Kier alpha value is -3.46. The Morgan fingerprint density at radius 3 is 2.52 bits per heavy atom. The number of aldehydes is 1. The minimum absolute atomic E-state index is 0.176. The molecule has 3 rings (SSSR count). The van der Waals surface area contributed by atoms with Crippen molar-refractivity contribution in [2.24, 2.45) is 0 Å². The lowest BCUT2D eigenvalue weighted by atomic mass is 10.1. The van der Waals surface area contributed by atoms with E-state index in [9.17, 15) is 28.6 Å². The molecule has 0 atom stereocenters. The number of amides is 1. The summed E-state index contributed by atoms with van der Waals surface area (Å²) in [5, 5.41) is 22.4. The summed E-state index contributed by atoms with van der Waals surface area (Å²) in [4.78, 5) is 25.1. The third-order valence-electron chi connectivity index (χ3n) is 4.21. The summed E-state index contributed by atoms with van der Waals surface area (Å²) in [7, 11) is 1.46. The van der Waals surface area contributed by atoms with Crippen LogP contribution >= 0.6 is 11.6 Å². The molecule has 1 aromatic heterocycles. The normalized spacial score (nSPS) is 10.9. The molecule has 1 heterocycles. The van der Waals surface area contributed by atoms with Gasteiger partial charge in [0.05, 0.1) is 11.3 Å². The Balaban J connectivity index is 1.98. The third kappa shape index (κ3) is 3.77. The van der Waals surface area contributed by atoms with Gasteiger partial charge >= 0.3 is 0 Å². The fourth-order valence-corrected chi connectivity index (χ4v) is 2.95. The van der Waals surface area contributed by atoms with Gasteiger partial charge in [0.2, 0.25) is 0 Å². The van der Waals surface area contributed by atoms with Gasteiger partial charge in [-0.3, -0.25) is 9.59 Å². The first-order chi connectivity index (χ1) is 13.7. The van der Waals surface area contributed by atoms with E-state index in [1.54, 1.807) is 0 Å². The van der Waals surface area contributed by atoms with Gasteiger partial charge in [0.25, 0.3) is 12.3 Å². The standard InChI is InChI=1S/C19H14ClF2N3O4/c1-24(11-5-6-14(27)15(28)8-11)19(29)10-3-2-4-12(7-10)25-17(20)13(9-26)16(23-25)18(21)22/h2-9,18,27-28H,1H3. The number of aromatic nitrogens is 2.